The van der Waals surface area contributed by atoms with Gasteiger partial charge in [0.1, 0.15) is 6.61 Å². The normalized spacial score (nSPS) is 16.5. The number of ether oxygens (including phenoxy) is 3. The summed E-state index contributed by atoms with van der Waals surface area (Å²) in [5, 5.41) is 0. The van der Waals surface area contributed by atoms with Gasteiger partial charge in [-0.1, -0.05) is 12.1 Å². The van der Waals surface area contributed by atoms with Gasteiger partial charge in [-0.3, -0.25) is 9.59 Å². The molecule has 1 aliphatic heterocycles. The molecule has 3 rings (SSSR count). The maximum Gasteiger partial charge on any atom is 0.351 e. The number of hydrogen-bond acceptors (Lipinski definition) is 6. The number of aromatic nitrogens is 1. The van der Waals surface area contributed by atoms with Crippen LogP contribution in [0.1, 0.15) is 46.0 Å². The number of para-hydroxylation sites is 2. The van der Waals surface area contributed by atoms with E-state index in [1.165, 1.54) is 13.8 Å². The predicted molar refractivity (Wildman–Crippen MR) is 96.5 cm³/mol. The molecule has 0 bridgehead atoms. The van der Waals surface area contributed by atoms with Gasteiger partial charge in [0.05, 0.1) is 5.69 Å². The Hall–Kier alpha value is -3.09. The highest BCUT2D eigenvalue weighted by Crippen LogP contribution is 2.31. The molecule has 0 radical (unpaired) electrons. The molecule has 0 aliphatic carbocycles. The van der Waals surface area contributed by atoms with Gasteiger partial charge in [-0.15, -0.1) is 0 Å². The van der Waals surface area contributed by atoms with Crippen molar-refractivity contribution in [3.63, 3.8) is 0 Å². The van der Waals surface area contributed by atoms with Crippen molar-refractivity contribution in [2.45, 2.75) is 39.9 Å². The number of carbonyl (C=O) groups excluding carboxylic acids is 3. The van der Waals surface area contributed by atoms with Gasteiger partial charge in [-0.25, -0.2) is 4.79 Å². The number of rotatable bonds is 5. The van der Waals surface area contributed by atoms with Gasteiger partial charge in [-0.2, -0.15) is 0 Å². The van der Waals surface area contributed by atoms with Crippen LogP contribution in [0.15, 0.2) is 24.3 Å². The summed E-state index contributed by atoms with van der Waals surface area (Å²) < 4.78 is 16.4. The van der Waals surface area contributed by atoms with Crippen molar-refractivity contribution in [3.05, 3.63) is 46.8 Å². The molecular weight excluding hydrogens is 350 g/mol. The summed E-state index contributed by atoms with van der Waals surface area (Å²) >= 11 is 0. The Labute approximate surface area is 156 Å². The van der Waals surface area contributed by atoms with Crippen molar-refractivity contribution in [1.29, 1.82) is 0 Å². The van der Waals surface area contributed by atoms with Crippen LogP contribution >= 0.6 is 0 Å². The molecule has 0 amide bonds. The molecule has 2 heterocycles. The molecule has 0 unspecified atom stereocenters. The van der Waals surface area contributed by atoms with Gasteiger partial charge >= 0.3 is 5.97 Å². The van der Waals surface area contributed by atoms with Crippen molar-refractivity contribution in [2.24, 2.45) is 0 Å². The summed E-state index contributed by atoms with van der Waals surface area (Å²) in [6, 6.07) is 7.01. The van der Waals surface area contributed by atoms with Crippen LogP contribution in [-0.2, 0) is 9.53 Å². The summed E-state index contributed by atoms with van der Waals surface area (Å²) in [5.41, 5.74) is 1.92. The lowest BCUT2D eigenvalue weighted by Gasteiger charge is -2.25. The van der Waals surface area contributed by atoms with Crippen molar-refractivity contribution < 1.29 is 28.6 Å². The average molecular weight is 371 g/mol. The fourth-order valence-electron chi connectivity index (χ4n) is 3.17. The first kappa shape index (κ1) is 18.7. The topological polar surface area (TPSA) is 94.7 Å². The Morgan fingerprint density at radius 1 is 1.19 bits per heavy atom. The molecule has 142 valence electrons. The maximum atomic E-state index is 12.7. The van der Waals surface area contributed by atoms with Gasteiger partial charge in [0.25, 0.3) is 0 Å². The van der Waals surface area contributed by atoms with E-state index in [1.807, 2.05) is 0 Å². The Kier molecular flexibility index (Phi) is 5.03. The highest BCUT2D eigenvalue weighted by atomic mass is 16.6. The number of carbonyl (C=O) groups is 3. The smallest absolute Gasteiger partial charge is 0.351 e. The lowest BCUT2D eigenvalue weighted by molar-refractivity contribution is -0.157. The molecule has 0 saturated heterocycles. The summed E-state index contributed by atoms with van der Waals surface area (Å²) in [5.74, 6) is -0.213. The highest BCUT2D eigenvalue weighted by molar-refractivity contribution is 6.05. The second-order valence-corrected chi connectivity index (χ2v) is 6.49. The highest BCUT2D eigenvalue weighted by Gasteiger charge is 2.32. The third-order valence-corrected chi connectivity index (χ3v) is 4.47. The van der Waals surface area contributed by atoms with Crippen molar-refractivity contribution >= 4 is 17.5 Å². The molecular formula is C20H21NO6. The fraction of sp³-hybridized carbons (Fsp3) is 0.350. The SMILES string of the molecule is CC(=O)c1c(C)[nH]c(C(=O)[C@H](C)OC(=O)[C@H]2COc3ccccc3O2)c1C. The van der Waals surface area contributed by atoms with Crippen LogP contribution < -0.4 is 9.47 Å². The van der Waals surface area contributed by atoms with Crippen LogP contribution in [0.2, 0.25) is 0 Å². The van der Waals surface area contributed by atoms with Crippen LogP contribution in [0.3, 0.4) is 0 Å². The molecule has 1 aromatic carbocycles. The Bertz CT molecular complexity index is 913. The van der Waals surface area contributed by atoms with E-state index in [-0.39, 0.29) is 18.1 Å². The van der Waals surface area contributed by atoms with Gasteiger partial charge in [0.15, 0.2) is 23.4 Å². The zero-order chi connectivity index (χ0) is 19.7. The van der Waals surface area contributed by atoms with E-state index in [4.69, 9.17) is 14.2 Å². The van der Waals surface area contributed by atoms with E-state index < -0.39 is 24.0 Å². The van der Waals surface area contributed by atoms with E-state index in [2.05, 4.69) is 4.98 Å². The molecule has 27 heavy (non-hydrogen) atoms. The van der Waals surface area contributed by atoms with E-state index >= 15 is 0 Å². The molecule has 2 atom stereocenters. The molecule has 1 aromatic heterocycles. The van der Waals surface area contributed by atoms with Gasteiger partial charge in [0, 0.05) is 11.3 Å². The molecule has 7 nitrogen and oxygen atoms in total. The number of aromatic amines is 1. The first-order valence-electron chi connectivity index (χ1n) is 8.63. The van der Waals surface area contributed by atoms with Crippen molar-refractivity contribution in [1.82, 2.24) is 4.98 Å². The van der Waals surface area contributed by atoms with E-state index in [0.717, 1.165) is 0 Å². The summed E-state index contributed by atoms with van der Waals surface area (Å²) in [4.78, 5) is 39.7. The molecule has 1 aliphatic rings. The third-order valence-electron chi connectivity index (χ3n) is 4.47. The summed E-state index contributed by atoms with van der Waals surface area (Å²) in [6.07, 6.45) is -1.98. The summed E-state index contributed by atoms with van der Waals surface area (Å²) in [7, 11) is 0. The minimum atomic E-state index is -1.03. The Morgan fingerprint density at radius 3 is 2.48 bits per heavy atom. The minimum Gasteiger partial charge on any atom is -0.485 e. The molecule has 1 N–H and O–H groups in total. The van der Waals surface area contributed by atoms with E-state index in [0.29, 0.717) is 28.3 Å². The zero-order valence-electron chi connectivity index (χ0n) is 15.6. The monoisotopic (exact) mass is 371 g/mol. The minimum absolute atomic E-state index is 0.00583. The average Bonchev–Trinajstić information content (AvgIpc) is 2.94. The standard InChI is InChI=1S/C20H21NO6/c1-10-17(12(3)22)11(2)21-18(10)19(23)13(4)26-20(24)16-9-25-14-7-5-6-8-15(14)27-16/h5-8,13,16,21H,9H2,1-4H3/t13-,16+/m0/s1. The number of H-pyrrole nitrogens is 1. The second-order valence-electron chi connectivity index (χ2n) is 6.49. The van der Waals surface area contributed by atoms with Crippen LogP contribution in [-0.4, -0.2) is 41.3 Å². The predicted octanol–water partition coefficient (Wildman–Crippen LogP) is 2.79. The first-order valence-corrected chi connectivity index (χ1v) is 8.63. The van der Waals surface area contributed by atoms with Gasteiger partial charge in [-0.05, 0) is 45.4 Å². The van der Waals surface area contributed by atoms with Crippen LogP contribution in [0.25, 0.3) is 0 Å². The Morgan fingerprint density at radius 2 is 1.85 bits per heavy atom. The van der Waals surface area contributed by atoms with Crippen LogP contribution in [0, 0.1) is 13.8 Å². The lowest BCUT2D eigenvalue weighted by atomic mass is 10.0. The molecule has 0 fully saturated rings. The van der Waals surface area contributed by atoms with E-state index in [9.17, 15) is 14.4 Å². The molecule has 2 aromatic rings. The van der Waals surface area contributed by atoms with Crippen molar-refractivity contribution in [3.8, 4) is 11.5 Å². The van der Waals surface area contributed by atoms with Gasteiger partial charge < -0.3 is 19.2 Å². The lowest BCUT2D eigenvalue weighted by Crippen LogP contribution is -2.40. The Balaban J connectivity index is 1.69. The zero-order valence-corrected chi connectivity index (χ0v) is 15.6. The number of ketones is 2. The largest absolute Gasteiger partial charge is 0.485 e. The van der Waals surface area contributed by atoms with E-state index in [1.54, 1.807) is 38.1 Å². The summed E-state index contributed by atoms with van der Waals surface area (Å²) in [6.45, 7) is 6.35. The second kappa shape index (κ2) is 7.26. The quantitative estimate of drug-likeness (QED) is 0.641. The van der Waals surface area contributed by atoms with Crippen LogP contribution in [0.4, 0.5) is 0 Å². The number of nitrogens with one attached hydrogen (secondary N) is 1. The molecule has 0 spiro atoms. The van der Waals surface area contributed by atoms with Crippen molar-refractivity contribution in [2.75, 3.05) is 6.61 Å². The maximum absolute atomic E-state index is 12.7. The fourth-order valence-corrected chi connectivity index (χ4v) is 3.17. The van der Waals surface area contributed by atoms with Crippen LogP contribution in [0.5, 0.6) is 11.5 Å². The number of aryl methyl sites for hydroxylation is 1. The molecule has 0 saturated carbocycles. The third kappa shape index (κ3) is 3.58. The van der Waals surface area contributed by atoms with Gasteiger partial charge in [0.2, 0.25) is 11.9 Å². The number of hydrogen-bond donors (Lipinski definition) is 1. The number of Topliss-reactive ketones (excluding diaryl/α,β-unsaturated/α-hetero) is 2. The number of esters is 1. The molecule has 7 heteroatoms. The first-order chi connectivity index (χ1) is 12.8. The number of benzene rings is 1. The number of fused-ring (bicyclic) bond motifs is 1.